The van der Waals surface area contributed by atoms with E-state index in [1.165, 1.54) is 96.9 Å². The number of carbonyl (C=O) groups is 5. The fraction of sp³-hybridized carbons (Fsp3) is 0.556. The maximum Gasteiger partial charge on any atom is 0.366 e. The SMILES string of the molecule is COc1cc[n+](O)c(C(=O)NC2CC(C)(C)C3=C(O3)[C@H](C)[C@H]2C)c1O.COc1ccnc(C(=O)NC2CC(C)(C)C(Cl)=C(Cl)[C@H](C)[C@H]2C)c1O.COc1ccnc(C(=O)NC2CC(C)(C)C3=C(O3)[C@H](C)[C@H]2C)c1O.COc1ccnc(C(=O)NC2CC(C)(C)C=C[C@H](C)[C@H]2C)c1O.COc1ccnc(C(=O)O)c1O.C[C@H]1C=CC(C)(C)CC(N)[C@@H]1C. The molecule has 15 atom stereocenters. The predicted octanol–water partition coefficient (Wildman–Crippen LogP) is 15.3. The van der Waals surface area contributed by atoms with Gasteiger partial charge in [-0.25, -0.2) is 24.7 Å². The highest BCUT2D eigenvalue weighted by Crippen LogP contribution is 2.55. The standard InChI is InChI=1S/C18H24Cl2N2O3.C18H24N2O5.C18H24N2O4.C18H26N2O3.C11H21N.C7H7NO4/c1-9-10(2)13(19)16(20)18(3,4)8-11(9)22-17(24)14-15(23)12(25-5)6-7-21-14;1-9-10(2)15-16(25-15)18(3,4)8-11(9)19-17(22)13-14(21)12(24-5)6-7-20(13)23;1-9-10(2)15-16(24-15)18(3,4)8-11(9)20-17(22)13-14(21)12(23-5)6-7-19-13;1-11-6-8-18(3,4)10-13(12(11)2)20-17(22)15-16(21)14(23-5)7-9-19-15;1-8-5-6-11(3,4)7-10(12)9(8)2;1-12-4-2-3-8-5(6(4)9)7(10)11/h6-7,9-11,23H,8H2,1-5H3,(H,22,24);6-7,9-11H,8H2,1-5H3,(H2-,19,21,22,23);6-7,9-11,21H,8H2,1-5H3,(H,20,22);6-9,11-13,21H,10H2,1-5H3,(H,20,22);5-6,8-10H,7,12H2,1-4H3;2-3,9H,1H3,(H,10,11)/p+1/t3*9-,10-,11?;11-,12+,13?;8-,9+,10?;/m11100./s1. The molecule has 7 aliphatic rings. The molecule has 7 heterocycles. The van der Waals surface area contributed by atoms with Gasteiger partial charge in [-0.3, -0.25) is 24.4 Å². The third-order valence-electron chi connectivity index (χ3n) is 24.7. The summed E-state index contributed by atoms with van der Waals surface area (Å²) in [6.45, 7) is 42.5. The Morgan fingerprint density at radius 1 is 0.438 bits per heavy atom. The molecule has 4 amide bonds. The Morgan fingerprint density at radius 2 is 0.752 bits per heavy atom. The number of aromatic carboxylic acids is 1. The topological polar surface area (TPSA) is 428 Å². The number of amides is 4. The van der Waals surface area contributed by atoms with Gasteiger partial charge in [0.2, 0.25) is 11.9 Å². The number of nitrogens with zero attached hydrogens (tertiary/aromatic N) is 5. The van der Waals surface area contributed by atoms with E-state index in [1.54, 1.807) is 0 Å². The first-order valence-electron chi connectivity index (χ1n) is 40.8. The average Bonchev–Trinajstić information content (AvgIpc) is 1.59. The molecule has 5 aromatic rings. The number of ether oxygens (including phenoxy) is 7. The number of methoxy groups -OCH3 is 5. The van der Waals surface area contributed by atoms with Crippen molar-refractivity contribution in [2.45, 2.75) is 201 Å². The van der Waals surface area contributed by atoms with Crippen LogP contribution in [0, 0.1) is 86.3 Å². The molecule has 2 aliphatic heterocycles. The Kier molecular flexibility index (Phi) is 32.5. The minimum absolute atomic E-state index is 0.000727. The van der Waals surface area contributed by atoms with Crippen LogP contribution in [0.2, 0.25) is 0 Å². The highest BCUT2D eigenvalue weighted by atomic mass is 35.5. The first-order chi connectivity index (χ1) is 56.4. The lowest BCUT2D eigenvalue weighted by Crippen LogP contribution is -2.48. The van der Waals surface area contributed by atoms with E-state index in [9.17, 15) is 54.7 Å². The van der Waals surface area contributed by atoms with Crippen molar-refractivity contribution < 1.29 is 97.7 Å². The third kappa shape index (κ3) is 23.7. The summed E-state index contributed by atoms with van der Waals surface area (Å²) in [7, 11) is 7.02. The summed E-state index contributed by atoms with van der Waals surface area (Å²) in [5.74, 6) is 3.24. The molecule has 0 radical (unpaired) electrons. The number of hydrogen-bond donors (Lipinski definition) is 12. The second-order valence-electron chi connectivity index (χ2n) is 36.1. The second kappa shape index (κ2) is 40.2. The molecular formula is C90H127Cl2N10O19+. The van der Waals surface area contributed by atoms with Crippen LogP contribution in [0.4, 0.5) is 0 Å². The van der Waals surface area contributed by atoms with Crippen molar-refractivity contribution in [2.75, 3.05) is 35.5 Å². The zero-order valence-electron chi connectivity index (χ0n) is 74.4. The summed E-state index contributed by atoms with van der Waals surface area (Å²) in [5, 5.41) is 81.5. The zero-order chi connectivity index (χ0) is 90.8. The molecule has 29 nitrogen and oxygen atoms in total. The minimum Gasteiger partial charge on any atom is -0.503 e. The molecule has 12 rings (SSSR count). The van der Waals surface area contributed by atoms with Gasteiger partial charge in [-0.1, -0.05) is 186 Å². The number of pyridine rings is 5. The van der Waals surface area contributed by atoms with E-state index in [-0.39, 0.29) is 156 Å². The van der Waals surface area contributed by atoms with Crippen LogP contribution in [0.1, 0.15) is 223 Å². The Hall–Kier alpha value is -10.3. The number of aromatic nitrogens is 5. The molecule has 0 saturated heterocycles. The number of nitrogens with one attached hydrogen (secondary N) is 4. The number of carboxylic acid groups (broad SMARTS) is 1. The number of allylic oxidation sites excluding steroid dienone is 10. The fourth-order valence-corrected chi connectivity index (χ4v) is 16.4. The van der Waals surface area contributed by atoms with Gasteiger partial charge in [-0.2, -0.15) is 0 Å². The van der Waals surface area contributed by atoms with Crippen molar-refractivity contribution in [2.24, 2.45) is 92.0 Å². The molecule has 0 aromatic carbocycles. The number of aromatic hydroxyl groups is 5. The fourth-order valence-electron chi connectivity index (χ4n) is 15.7. The molecule has 31 heteroatoms. The molecule has 664 valence electrons. The van der Waals surface area contributed by atoms with E-state index in [2.05, 4.69) is 181 Å². The highest BCUT2D eigenvalue weighted by molar-refractivity contribution is 6.39. The maximum absolute atomic E-state index is 12.7. The molecule has 5 aromatic heterocycles. The van der Waals surface area contributed by atoms with Gasteiger partial charge in [-0.15, -0.1) is 0 Å². The van der Waals surface area contributed by atoms with Gasteiger partial charge >= 0.3 is 17.6 Å². The third-order valence-corrected chi connectivity index (χ3v) is 26.1. The largest absolute Gasteiger partial charge is 0.503 e. The monoisotopic (exact) mass is 1720 g/mol. The van der Waals surface area contributed by atoms with Crippen LogP contribution in [0.15, 0.2) is 119 Å². The molecule has 0 fully saturated rings. The minimum atomic E-state index is -1.29. The number of rotatable bonds is 14. The van der Waals surface area contributed by atoms with Crippen molar-refractivity contribution >= 4 is 52.8 Å². The van der Waals surface area contributed by atoms with Crippen molar-refractivity contribution in [3.05, 3.63) is 147 Å². The van der Waals surface area contributed by atoms with Crippen LogP contribution in [-0.2, 0) is 9.47 Å². The molecule has 5 unspecified atom stereocenters. The van der Waals surface area contributed by atoms with E-state index in [0.29, 0.717) is 62.8 Å². The average molecular weight is 1720 g/mol. The van der Waals surface area contributed by atoms with Crippen LogP contribution >= 0.6 is 23.2 Å². The smallest absolute Gasteiger partial charge is 0.366 e. The van der Waals surface area contributed by atoms with E-state index in [0.717, 1.165) is 42.3 Å². The summed E-state index contributed by atoms with van der Waals surface area (Å²) < 4.78 is 36.8. The van der Waals surface area contributed by atoms with Gasteiger partial charge in [0, 0.05) is 122 Å². The first kappa shape index (κ1) is 97.9. The van der Waals surface area contributed by atoms with Crippen molar-refractivity contribution in [3.63, 3.8) is 0 Å². The van der Waals surface area contributed by atoms with Crippen LogP contribution < -0.4 is 55.4 Å². The molecular weight excluding hydrogens is 1600 g/mol. The number of nitrogens with two attached hydrogens (primary N) is 1. The lowest BCUT2D eigenvalue weighted by Gasteiger charge is -2.32. The summed E-state index contributed by atoms with van der Waals surface area (Å²) in [6.07, 6.45) is 20.0. The Balaban J connectivity index is 0.000000204. The van der Waals surface area contributed by atoms with E-state index >= 15 is 0 Å². The van der Waals surface area contributed by atoms with E-state index in [4.69, 9.17) is 62.5 Å². The maximum atomic E-state index is 12.7. The molecule has 0 spiro atoms. The zero-order valence-corrected chi connectivity index (χ0v) is 75.9. The number of carbonyl (C=O) groups excluding carboxylic acids is 4. The predicted molar refractivity (Wildman–Crippen MR) is 459 cm³/mol. The van der Waals surface area contributed by atoms with Gasteiger partial charge in [-0.05, 0) is 90.3 Å². The van der Waals surface area contributed by atoms with Crippen molar-refractivity contribution in [3.8, 4) is 57.5 Å². The second-order valence-corrected chi connectivity index (χ2v) is 36.8. The Morgan fingerprint density at radius 3 is 1.12 bits per heavy atom. The van der Waals surface area contributed by atoms with Crippen molar-refractivity contribution in [1.29, 1.82) is 0 Å². The van der Waals surface area contributed by atoms with Gasteiger partial charge in [0.1, 0.15) is 23.0 Å². The number of halogens is 2. The van der Waals surface area contributed by atoms with Crippen molar-refractivity contribution in [1.82, 2.24) is 41.2 Å². The van der Waals surface area contributed by atoms with Crippen LogP contribution in [-0.4, -0.2) is 151 Å². The molecule has 0 bridgehead atoms. The molecule has 13 N–H and O–H groups in total. The molecule has 121 heavy (non-hydrogen) atoms. The van der Waals surface area contributed by atoms with Gasteiger partial charge in [0.05, 0.1) is 41.6 Å². The van der Waals surface area contributed by atoms with E-state index < -0.39 is 40.9 Å². The summed E-state index contributed by atoms with van der Waals surface area (Å²) in [5.41, 5.74) is 5.03. The van der Waals surface area contributed by atoms with Gasteiger partial charge in [0.15, 0.2) is 74.5 Å². The normalized spacial score (nSPS) is 26.5. The van der Waals surface area contributed by atoms with Crippen LogP contribution in [0.25, 0.3) is 0 Å². The quantitative estimate of drug-likeness (QED) is 0.0279. The first-order valence-corrected chi connectivity index (χ1v) is 41.5. The van der Waals surface area contributed by atoms with Crippen LogP contribution in [0.5, 0.6) is 57.5 Å². The summed E-state index contributed by atoms with van der Waals surface area (Å²) >= 11 is 12.9. The molecule has 0 saturated carbocycles. The summed E-state index contributed by atoms with van der Waals surface area (Å²) in [4.78, 5) is 76.5. The molecule has 5 aliphatic carbocycles. The highest BCUT2D eigenvalue weighted by Gasteiger charge is 2.52. The number of hydrogen-bond acceptors (Lipinski definition) is 23. The lowest BCUT2D eigenvalue weighted by molar-refractivity contribution is -0.906. The van der Waals surface area contributed by atoms with Gasteiger partial charge in [0.25, 0.3) is 17.7 Å². The summed E-state index contributed by atoms with van der Waals surface area (Å²) in [6, 6.07) is 7.32. The Labute approximate surface area is 720 Å². The Bertz CT molecular complexity index is 4730. The lowest BCUT2D eigenvalue weighted by atomic mass is 9.81. The van der Waals surface area contributed by atoms with E-state index in [1.807, 2.05) is 27.7 Å². The number of carboxylic acids is 1. The van der Waals surface area contributed by atoms with Crippen LogP contribution in [0.3, 0.4) is 0 Å². The van der Waals surface area contributed by atoms with Gasteiger partial charge < -0.3 is 90.8 Å².